The molecule has 6 heteroatoms. The summed E-state index contributed by atoms with van der Waals surface area (Å²) < 4.78 is 5.35. The van der Waals surface area contributed by atoms with Gasteiger partial charge in [0.1, 0.15) is 5.75 Å². The maximum atomic E-state index is 11.7. The first-order chi connectivity index (χ1) is 10.2. The van der Waals surface area contributed by atoms with Gasteiger partial charge in [0.2, 0.25) is 0 Å². The Bertz CT molecular complexity index is 624. The maximum absolute atomic E-state index is 11.7. The first-order valence-electron chi connectivity index (χ1n) is 6.13. The molecule has 0 aliphatic rings. The van der Waals surface area contributed by atoms with Crippen molar-refractivity contribution in [2.75, 3.05) is 11.9 Å². The van der Waals surface area contributed by atoms with E-state index in [4.69, 9.17) is 21.5 Å². The molecule has 0 aromatic heterocycles. The number of carbonyl (C=O) groups is 1. The highest BCUT2D eigenvalue weighted by Gasteiger charge is 2.03. The van der Waals surface area contributed by atoms with Gasteiger partial charge in [0, 0.05) is 10.7 Å². The summed E-state index contributed by atoms with van der Waals surface area (Å²) in [6, 6.07) is 13.6. The van der Waals surface area contributed by atoms with Crippen LogP contribution in [0.1, 0.15) is 5.56 Å². The zero-order valence-electron chi connectivity index (χ0n) is 11.0. The molecule has 0 bridgehead atoms. The van der Waals surface area contributed by atoms with E-state index in [0.29, 0.717) is 16.5 Å². The van der Waals surface area contributed by atoms with Crippen molar-refractivity contribution in [2.45, 2.75) is 0 Å². The van der Waals surface area contributed by atoms with Crippen molar-refractivity contribution in [3.05, 3.63) is 59.1 Å². The second-order valence-corrected chi connectivity index (χ2v) is 4.59. The van der Waals surface area contributed by atoms with Crippen LogP contribution in [0.3, 0.4) is 0 Å². The van der Waals surface area contributed by atoms with E-state index >= 15 is 0 Å². The third-order valence-corrected chi connectivity index (χ3v) is 2.84. The summed E-state index contributed by atoms with van der Waals surface area (Å²) in [6.07, 6.45) is 1.30. The largest absolute Gasteiger partial charge is 0.484 e. The minimum Gasteiger partial charge on any atom is -0.484 e. The lowest BCUT2D eigenvalue weighted by molar-refractivity contribution is -0.118. The van der Waals surface area contributed by atoms with Crippen LogP contribution in [0.5, 0.6) is 5.75 Å². The molecule has 108 valence electrons. The number of oxime groups is 1. The van der Waals surface area contributed by atoms with E-state index in [1.165, 1.54) is 6.21 Å². The van der Waals surface area contributed by atoms with Crippen LogP contribution < -0.4 is 10.1 Å². The number of hydrogen-bond acceptors (Lipinski definition) is 4. The van der Waals surface area contributed by atoms with E-state index in [-0.39, 0.29) is 12.5 Å². The Morgan fingerprint density at radius 2 is 1.86 bits per heavy atom. The van der Waals surface area contributed by atoms with Crippen LogP contribution in [0.25, 0.3) is 0 Å². The zero-order valence-corrected chi connectivity index (χ0v) is 11.7. The molecule has 2 aromatic carbocycles. The Morgan fingerprint density at radius 1 is 1.19 bits per heavy atom. The molecule has 1 amide bonds. The quantitative estimate of drug-likeness (QED) is 0.506. The van der Waals surface area contributed by atoms with Gasteiger partial charge in [0.05, 0.1) is 6.21 Å². The molecule has 0 fully saturated rings. The lowest BCUT2D eigenvalue weighted by Gasteiger charge is -2.07. The predicted octanol–water partition coefficient (Wildman–Crippen LogP) is 3.17. The number of ether oxygens (including phenoxy) is 1. The van der Waals surface area contributed by atoms with Crippen molar-refractivity contribution in [1.29, 1.82) is 0 Å². The number of benzene rings is 2. The van der Waals surface area contributed by atoms with E-state index in [9.17, 15) is 4.79 Å². The Labute approximate surface area is 126 Å². The Morgan fingerprint density at radius 3 is 2.48 bits per heavy atom. The fraction of sp³-hybridized carbons (Fsp3) is 0.0667. The minimum absolute atomic E-state index is 0.101. The standard InChI is InChI=1S/C15H13ClN2O3/c16-12-3-5-13(6-4-12)18-15(19)10-21-14-7-1-11(2-8-14)9-17-20/h1-9,20H,10H2,(H,18,19)/b17-9+. The highest BCUT2D eigenvalue weighted by Crippen LogP contribution is 2.14. The van der Waals surface area contributed by atoms with Crippen LogP contribution in [0.15, 0.2) is 53.7 Å². The van der Waals surface area contributed by atoms with Gasteiger partial charge in [-0.1, -0.05) is 16.8 Å². The Kier molecular flexibility index (Phi) is 5.17. The average molecular weight is 305 g/mol. The highest BCUT2D eigenvalue weighted by atomic mass is 35.5. The lowest BCUT2D eigenvalue weighted by Crippen LogP contribution is -2.20. The van der Waals surface area contributed by atoms with Gasteiger partial charge in [-0.3, -0.25) is 4.79 Å². The molecule has 0 saturated heterocycles. The fourth-order valence-corrected chi connectivity index (χ4v) is 1.72. The molecule has 21 heavy (non-hydrogen) atoms. The van der Waals surface area contributed by atoms with Gasteiger partial charge < -0.3 is 15.3 Å². The molecule has 0 aliphatic carbocycles. The minimum atomic E-state index is -0.265. The normalized spacial score (nSPS) is 10.5. The van der Waals surface area contributed by atoms with Gasteiger partial charge in [-0.15, -0.1) is 0 Å². The number of rotatable bonds is 5. The van der Waals surface area contributed by atoms with Gasteiger partial charge in [-0.05, 0) is 54.1 Å². The smallest absolute Gasteiger partial charge is 0.262 e. The number of amides is 1. The van der Waals surface area contributed by atoms with Crippen molar-refractivity contribution in [1.82, 2.24) is 0 Å². The molecule has 0 unspecified atom stereocenters. The van der Waals surface area contributed by atoms with Gasteiger partial charge in [-0.25, -0.2) is 0 Å². The maximum Gasteiger partial charge on any atom is 0.262 e. The number of hydrogen-bond donors (Lipinski definition) is 2. The molecule has 0 aliphatic heterocycles. The second-order valence-electron chi connectivity index (χ2n) is 4.16. The van der Waals surface area contributed by atoms with Crippen LogP contribution >= 0.6 is 11.6 Å². The number of nitrogens with one attached hydrogen (secondary N) is 1. The van der Waals surface area contributed by atoms with Crippen LogP contribution in [-0.2, 0) is 4.79 Å². The van der Waals surface area contributed by atoms with Crippen molar-refractivity contribution < 1.29 is 14.7 Å². The predicted molar refractivity (Wildman–Crippen MR) is 81.4 cm³/mol. The molecule has 2 aromatic rings. The van der Waals surface area contributed by atoms with Gasteiger partial charge in [0.25, 0.3) is 5.91 Å². The number of carbonyl (C=O) groups excluding carboxylic acids is 1. The second kappa shape index (κ2) is 7.31. The molecule has 0 heterocycles. The topological polar surface area (TPSA) is 70.9 Å². The van der Waals surface area contributed by atoms with E-state index in [0.717, 1.165) is 5.56 Å². The molecular formula is C15H13ClN2O3. The zero-order chi connectivity index (χ0) is 15.1. The van der Waals surface area contributed by atoms with E-state index in [1.807, 2.05) is 0 Å². The van der Waals surface area contributed by atoms with E-state index < -0.39 is 0 Å². The fourth-order valence-electron chi connectivity index (χ4n) is 1.60. The SMILES string of the molecule is O=C(COc1ccc(/C=N/O)cc1)Nc1ccc(Cl)cc1. The molecule has 2 N–H and O–H groups in total. The van der Waals surface area contributed by atoms with Crippen LogP contribution in [-0.4, -0.2) is 23.9 Å². The summed E-state index contributed by atoms with van der Waals surface area (Å²) in [6.45, 7) is -0.101. The summed E-state index contributed by atoms with van der Waals surface area (Å²) in [7, 11) is 0. The van der Waals surface area contributed by atoms with Crippen LogP contribution in [0, 0.1) is 0 Å². The van der Waals surface area contributed by atoms with Crippen LogP contribution in [0.4, 0.5) is 5.69 Å². The summed E-state index contributed by atoms with van der Waals surface area (Å²) in [5.41, 5.74) is 1.39. The van der Waals surface area contributed by atoms with Crippen molar-refractivity contribution in [2.24, 2.45) is 5.16 Å². The third kappa shape index (κ3) is 4.81. The summed E-state index contributed by atoms with van der Waals surface area (Å²) >= 11 is 5.76. The van der Waals surface area contributed by atoms with Gasteiger partial charge in [0.15, 0.2) is 6.61 Å². The average Bonchev–Trinajstić information content (AvgIpc) is 2.49. The number of anilines is 1. The molecular weight excluding hydrogens is 292 g/mol. The van der Waals surface area contributed by atoms with E-state index in [2.05, 4.69) is 10.5 Å². The highest BCUT2D eigenvalue weighted by molar-refractivity contribution is 6.30. The first-order valence-corrected chi connectivity index (χ1v) is 6.51. The van der Waals surface area contributed by atoms with Crippen molar-refractivity contribution in [3.8, 4) is 5.75 Å². The number of halogens is 1. The number of nitrogens with zero attached hydrogens (tertiary/aromatic N) is 1. The molecule has 0 radical (unpaired) electrons. The molecule has 0 saturated carbocycles. The Balaban J connectivity index is 1.84. The Hall–Kier alpha value is -2.53. The van der Waals surface area contributed by atoms with Gasteiger partial charge in [-0.2, -0.15) is 0 Å². The first kappa shape index (κ1) is 14.9. The monoisotopic (exact) mass is 304 g/mol. The lowest BCUT2D eigenvalue weighted by atomic mass is 10.2. The molecule has 0 spiro atoms. The summed E-state index contributed by atoms with van der Waals surface area (Å²) in [5, 5.41) is 14.6. The summed E-state index contributed by atoms with van der Waals surface area (Å²) in [4.78, 5) is 11.7. The molecule has 5 nitrogen and oxygen atoms in total. The van der Waals surface area contributed by atoms with E-state index in [1.54, 1.807) is 48.5 Å². The van der Waals surface area contributed by atoms with Crippen molar-refractivity contribution >= 4 is 29.4 Å². The van der Waals surface area contributed by atoms with Crippen molar-refractivity contribution in [3.63, 3.8) is 0 Å². The third-order valence-electron chi connectivity index (χ3n) is 2.58. The van der Waals surface area contributed by atoms with Crippen LogP contribution in [0.2, 0.25) is 5.02 Å². The summed E-state index contributed by atoms with van der Waals surface area (Å²) in [5.74, 6) is 0.287. The van der Waals surface area contributed by atoms with Gasteiger partial charge >= 0.3 is 0 Å². The molecule has 2 rings (SSSR count). The molecule has 0 atom stereocenters.